The number of aromatic nitrogens is 3. The van der Waals surface area contributed by atoms with E-state index in [9.17, 15) is 19.5 Å². The summed E-state index contributed by atoms with van der Waals surface area (Å²) in [7, 11) is 0. The number of carbonyl (C=O) groups is 2. The van der Waals surface area contributed by atoms with Crippen LogP contribution in [0.3, 0.4) is 0 Å². The van der Waals surface area contributed by atoms with Crippen LogP contribution in [0.25, 0.3) is 10.9 Å². The largest absolute Gasteiger partial charge is 0.493 e. The van der Waals surface area contributed by atoms with Crippen LogP contribution < -0.4 is 10.3 Å². The maximum absolute atomic E-state index is 12.8. The number of ketones is 1. The highest BCUT2D eigenvalue weighted by Gasteiger charge is 2.23. The number of benzene rings is 2. The third kappa shape index (κ3) is 6.30. The Bertz CT molecular complexity index is 1250. The molecule has 0 unspecified atom stereocenters. The lowest BCUT2D eigenvalue weighted by molar-refractivity contribution is -0.142. The molecule has 0 spiro atoms. The van der Waals surface area contributed by atoms with E-state index in [1.54, 1.807) is 36.4 Å². The summed E-state index contributed by atoms with van der Waals surface area (Å²) >= 11 is 0. The topological polar surface area (TPSA) is 121 Å². The van der Waals surface area contributed by atoms with Crippen LogP contribution in [0.4, 0.5) is 0 Å². The molecule has 9 nitrogen and oxygen atoms in total. The third-order valence-electron chi connectivity index (χ3n) is 6.35. The van der Waals surface area contributed by atoms with Crippen molar-refractivity contribution < 1.29 is 24.2 Å². The molecule has 1 saturated heterocycles. The molecule has 1 aromatic heterocycles. The van der Waals surface area contributed by atoms with Gasteiger partial charge >= 0.3 is 5.97 Å². The highest BCUT2D eigenvalue weighted by molar-refractivity contribution is 5.98. The molecule has 35 heavy (non-hydrogen) atoms. The lowest BCUT2D eigenvalue weighted by Gasteiger charge is -2.22. The molecule has 1 N–H and O–H groups in total. The zero-order valence-corrected chi connectivity index (χ0v) is 19.7. The second kappa shape index (κ2) is 11.2. The van der Waals surface area contributed by atoms with Gasteiger partial charge in [-0.1, -0.05) is 16.8 Å². The van der Waals surface area contributed by atoms with Crippen molar-refractivity contribution in [3.8, 4) is 5.75 Å². The summed E-state index contributed by atoms with van der Waals surface area (Å²) in [5, 5.41) is 18.1. The first-order valence-electron chi connectivity index (χ1n) is 11.8. The Morgan fingerprint density at radius 2 is 1.91 bits per heavy atom. The second-order valence-corrected chi connectivity index (χ2v) is 8.98. The average Bonchev–Trinajstić information content (AvgIpc) is 2.87. The number of ether oxygens (including phenoxy) is 2. The Balaban J connectivity index is 1.35. The zero-order chi connectivity index (χ0) is 24.8. The van der Waals surface area contributed by atoms with Crippen LogP contribution in [0.1, 0.15) is 41.6 Å². The Hall–Kier alpha value is -3.59. The average molecular weight is 480 g/mol. The van der Waals surface area contributed by atoms with Gasteiger partial charge in [-0.25, -0.2) is 4.68 Å². The minimum absolute atomic E-state index is 0.0545. The van der Waals surface area contributed by atoms with Gasteiger partial charge in [0.2, 0.25) is 0 Å². The lowest BCUT2D eigenvalue weighted by Crippen LogP contribution is -2.27. The Morgan fingerprint density at radius 1 is 1.17 bits per heavy atom. The van der Waals surface area contributed by atoms with Crippen LogP contribution in [-0.2, 0) is 16.1 Å². The molecular formula is C26H29N3O6. The van der Waals surface area contributed by atoms with Crippen molar-refractivity contribution in [2.75, 3.05) is 19.8 Å². The number of carboxylic acid groups (broad SMARTS) is 1. The molecule has 1 atom stereocenters. The number of hydrogen-bond donors (Lipinski definition) is 1. The van der Waals surface area contributed by atoms with E-state index in [1.807, 2.05) is 13.0 Å². The van der Waals surface area contributed by atoms with Crippen molar-refractivity contribution >= 4 is 22.7 Å². The SMILES string of the molecule is Cc1ccc2nnn(CC[C@@H](CC(=O)c3ccc(OCC4CCOCC4)cc3)C(=O)O)c(=O)c2c1. The van der Waals surface area contributed by atoms with Crippen LogP contribution in [0, 0.1) is 18.8 Å². The molecule has 0 aliphatic carbocycles. The zero-order valence-electron chi connectivity index (χ0n) is 19.7. The molecule has 2 aromatic carbocycles. The Kier molecular flexibility index (Phi) is 7.87. The fourth-order valence-electron chi connectivity index (χ4n) is 4.13. The molecule has 9 heteroatoms. The number of aryl methyl sites for hydroxylation is 2. The van der Waals surface area contributed by atoms with Crippen LogP contribution in [0.15, 0.2) is 47.3 Å². The van der Waals surface area contributed by atoms with Gasteiger partial charge in [-0.3, -0.25) is 14.4 Å². The highest BCUT2D eigenvalue weighted by atomic mass is 16.5. The maximum atomic E-state index is 12.8. The fourth-order valence-corrected chi connectivity index (χ4v) is 4.13. The van der Waals surface area contributed by atoms with Crippen molar-refractivity contribution in [3.05, 3.63) is 63.9 Å². The van der Waals surface area contributed by atoms with Crippen molar-refractivity contribution in [1.29, 1.82) is 0 Å². The first-order valence-corrected chi connectivity index (χ1v) is 11.8. The number of Topliss-reactive ketones (excluding diaryl/α,β-unsaturated/α-hetero) is 1. The van der Waals surface area contributed by atoms with Crippen LogP contribution in [0.5, 0.6) is 5.75 Å². The Morgan fingerprint density at radius 3 is 2.63 bits per heavy atom. The maximum Gasteiger partial charge on any atom is 0.307 e. The molecule has 0 radical (unpaired) electrons. The molecule has 2 heterocycles. The van der Waals surface area contributed by atoms with Gasteiger partial charge in [0.25, 0.3) is 5.56 Å². The van der Waals surface area contributed by atoms with Crippen LogP contribution in [-0.4, -0.2) is 51.7 Å². The molecule has 0 saturated carbocycles. The van der Waals surface area contributed by atoms with Crippen LogP contribution in [0.2, 0.25) is 0 Å². The standard InChI is InChI=1S/C26H29N3O6/c1-17-2-7-23-22(14-17)25(31)29(28-27-23)11-8-20(26(32)33)15-24(30)19-3-5-21(6-4-19)35-16-18-9-12-34-13-10-18/h2-7,14,18,20H,8-13,15-16H2,1H3,(H,32,33)/t20-/m0/s1. The van der Waals surface area contributed by atoms with Crippen molar-refractivity contribution in [1.82, 2.24) is 15.0 Å². The van der Waals surface area contributed by atoms with Gasteiger partial charge in [0.1, 0.15) is 11.3 Å². The molecule has 1 aliphatic heterocycles. The molecule has 3 aromatic rings. The quantitative estimate of drug-likeness (QED) is 0.440. The number of carboxylic acids is 1. The molecule has 4 rings (SSSR count). The van der Waals surface area contributed by atoms with Gasteiger partial charge in [0.15, 0.2) is 5.78 Å². The summed E-state index contributed by atoms with van der Waals surface area (Å²) in [6, 6.07) is 12.1. The monoisotopic (exact) mass is 479 g/mol. The van der Waals surface area contributed by atoms with E-state index in [1.165, 1.54) is 0 Å². The van der Waals surface area contributed by atoms with E-state index in [4.69, 9.17) is 9.47 Å². The number of nitrogens with zero attached hydrogens (tertiary/aromatic N) is 3. The number of hydrogen-bond acceptors (Lipinski definition) is 7. The van der Waals surface area contributed by atoms with Gasteiger partial charge in [-0.15, -0.1) is 5.10 Å². The van der Waals surface area contributed by atoms with Crippen LogP contribution >= 0.6 is 0 Å². The van der Waals surface area contributed by atoms with E-state index in [0.717, 1.165) is 36.3 Å². The first-order chi connectivity index (χ1) is 16.9. The summed E-state index contributed by atoms with van der Waals surface area (Å²) in [4.78, 5) is 37.3. The van der Waals surface area contributed by atoms with E-state index in [2.05, 4.69) is 10.3 Å². The van der Waals surface area contributed by atoms with Gasteiger partial charge in [0.05, 0.1) is 17.9 Å². The van der Waals surface area contributed by atoms with E-state index in [-0.39, 0.29) is 30.7 Å². The van der Waals surface area contributed by atoms with Crippen molar-refractivity contribution in [2.24, 2.45) is 11.8 Å². The van der Waals surface area contributed by atoms with Gasteiger partial charge in [-0.05, 0) is 68.5 Å². The number of rotatable bonds is 10. The van der Waals surface area contributed by atoms with E-state index >= 15 is 0 Å². The van der Waals surface area contributed by atoms with Crippen molar-refractivity contribution in [3.63, 3.8) is 0 Å². The molecule has 0 bridgehead atoms. The summed E-state index contributed by atoms with van der Waals surface area (Å²) < 4.78 is 12.3. The Labute approximate surface area is 202 Å². The summed E-state index contributed by atoms with van der Waals surface area (Å²) in [6.45, 7) is 4.05. The van der Waals surface area contributed by atoms with Gasteiger partial charge < -0.3 is 14.6 Å². The third-order valence-corrected chi connectivity index (χ3v) is 6.35. The normalized spacial score (nSPS) is 15.1. The van der Waals surface area contributed by atoms with Gasteiger partial charge in [0, 0.05) is 31.7 Å². The molecule has 1 aliphatic rings. The fraction of sp³-hybridized carbons (Fsp3) is 0.423. The van der Waals surface area contributed by atoms with Gasteiger partial charge in [-0.2, -0.15) is 0 Å². The molecular weight excluding hydrogens is 450 g/mol. The summed E-state index contributed by atoms with van der Waals surface area (Å²) in [5.41, 5.74) is 1.50. The predicted octanol–water partition coefficient (Wildman–Crippen LogP) is 3.27. The molecule has 0 amide bonds. The molecule has 184 valence electrons. The summed E-state index contributed by atoms with van der Waals surface area (Å²) in [6.07, 6.45) is 1.86. The number of aliphatic carboxylic acids is 1. The van der Waals surface area contributed by atoms with E-state index < -0.39 is 11.9 Å². The highest BCUT2D eigenvalue weighted by Crippen LogP contribution is 2.20. The first kappa shape index (κ1) is 24.5. The van der Waals surface area contributed by atoms with Crippen molar-refractivity contribution in [2.45, 2.75) is 39.2 Å². The van der Waals surface area contributed by atoms with E-state index in [0.29, 0.717) is 34.7 Å². The molecule has 1 fully saturated rings. The number of fused-ring (bicyclic) bond motifs is 1. The minimum atomic E-state index is -1.09. The smallest absolute Gasteiger partial charge is 0.307 e. The minimum Gasteiger partial charge on any atom is -0.493 e. The number of carbonyl (C=O) groups excluding carboxylic acids is 1. The predicted molar refractivity (Wildman–Crippen MR) is 129 cm³/mol. The summed E-state index contributed by atoms with van der Waals surface area (Å²) in [5.74, 6) is -1.18. The second-order valence-electron chi connectivity index (χ2n) is 8.98. The lowest BCUT2D eigenvalue weighted by atomic mass is 9.95.